The molecule has 2 atom stereocenters. The van der Waals surface area contributed by atoms with Crippen molar-refractivity contribution in [3.8, 4) is 0 Å². The molecular formula is C16H22Cl2N2O. The largest absolute Gasteiger partial charge is 0.348 e. The van der Waals surface area contributed by atoms with Gasteiger partial charge in [0.25, 0.3) is 0 Å². The van der Waals surface area contributed by atoms with Crippen LogP contribution in [0.3, 0.4) is 0 Å². The van der Waals surface area contributed by atoms with Crippen LogP contribution >= 0.6 is 23.2 Å². The van der Waals surface area contributed by atoms with Crippen LogP contribution in [0.15, 0.2) is 18.2 Å². The molecule has 1 aromatic rings. The second-order valence-electron chi connectivity index (χ2n) is 5.94. The number of hydrogen-bond acceptors (Lipinski definition) is 2. The van der Waals surface area contributed by atoms with E-state index in [1.807, 2.05) is 13.0 Å². The predicted molar refractivity (Wildman–Crippen MR) is 87.9 cm³/mol. The van der Waals surface area contributed by atoms with Crippen LogP contribution in [0.25, 0.3) is 0 Å². The lowest BCUT2D eigenvalue weighted by Crippen LogP contribution is -2.42. The minimum atomic E-state index is -0.121. The first-order chi connectivity index (χ1) is 9.95. The molecule has 1 aromatic carbocycles. The van der Waals surface area contributed by atoms with Gasteiger partial charge in [-0.05, 0) is 49.9 Å². The molecule has 0 spiro atoms. The van der Waals surface area contributed by atoms with Crippen LogP contribution in [0.2, 0.25) is 10.0 Å². The Bertz CT molecular complexity index is 507. The number of piperidine rings is 1. The average molecular weight is 329 g/mol. The molecule has 3 nitrogen and oxygen atoms in total. The number of nitrogens with one attached hydrogen (secondary N) is 1. The Kier molecular flexibility index (Phi) is 5.91. The van der Waals surface area contributed by atoms with Gasteiger partial charge in [-0.1, -0.05) is 36.2 Å². The summed E-state index contributed by atoms with van der Waals surface area (Å²) in [7, 11) is 0. The molecule has 1 amide bonds. The molecule has 0 aliphatic carbocycles. The Morgan fingerprint density at radius 2 is 2.24 bits per heavy atom. The summed E-state index contributed by atoms with van der Waals surface area (Å²) in [6, 6.07) is 5.23. The second kappa shape index (κ2) is 7.48. The summed E-state index contributed by atoms with van der Waals surface area (Å²) in [5.41, 5.74) is 0.890. The highest BCUT2D eigenvalue weighted by Crippen LogP contribution is 2.26. The molecule has 1 aliphatic rings. The van der Waals surface area contributed by atoms with Crippen LogP contribution in [0.1, 0.15) is 38.3 Å². The molecule has 116 valence electrons. The average Bonchev–Trinajstić information content (AvgIpc) is 2.38. The fourth-order valence-corrected chi connectivity index (χ4v) is 3.42. The molecule has 1 N–H and O–H groups in total. The standard InChI is InChI=1S/C16H22Cl2N2O/c1-11-4-3-7-20(9-11)10-16(21)19-12(2)14-6-5-13(17)8-15(14)18/h5-6,8,11-12H,3-4,7,9-10H2,1-2H3,(H,19,21). The summed E-state index contributed by atoms with van der Waals surface area (Å²) < 4.78 is 0. The maximum atomic E-state index is 12.2. The third-order valence-electron chi connectivity index (χ3n) is 3.91. The van der Waals surface area contributed by atoms with Crippen LogP contribution in [-0.2, 0) is 4.79 Å². The maximum absolute atomic E-state index is 12.2. The minimum absolute atomic E-state index is 0.0441. The van der Waals surface area contributed by atoms with E-state index in [1.165, 1.54) is 12.8 Å². The van der Waals surface area contributed by atoms with E-state index < -0.39 is 0 Å². The molecule has 1 fully saturated rings. The molecule has 2 unspecified atom stereocenters. The number of amides is 1. The lowest BCUT2D eigenvalue weighted by molar-refractivity contribution is -0.123. The number of hydrogen-bond donors (Lipinski definition) is 1. The quantitative estimate of drug-likeness (QED) is 0.908. The maximum Gasteiger partial charge on any atom is 0.234 e. The second-order valence-corrected chi connectivity index (χ2v) is 6.78. The fraction of sp³-hybridized carbons (Fsp3) is 0.562. The Morgan fingerprint density at radius 1 is 1.48 bits per heavy atom. The first kappa shape index (κ1) is 16.6. The van der Waals surface area contributed by atoms with E-state index in [-0.39, 0.29) is 11.9 Å². The van der Waals surface area contributed by atoms with Crippen LogP contribution in [0, 0.1) is 5.92 Å². The molecule has 5 heteroatoms. The van der Waals surface area contributed by atoms with Crippen molar-refractivity contribution < 1.29 is 4.79 Å². The van der Waals surface area contributed by atoms with E-state index in [9.17, 15) is 4.79 Å². The first-order valence-corrected chi connectivity index (χ1v) is 8.18. The Morgan fingerprint density at radius 3 is 2.90 bits per heavy atom. The minimum Gasteiger partial charge on any atom is -0.348 e. The van der Waals surface area contributed by atoms with Gasteiger partial charge in [0.05, 0.1) is 12.6 Å². The summed E-state index contributed by atoms with van der Waals surface area (Å²) in [4.78, 5) is 14.4. The number of carbonyl (C=O) groups excluding carboxylic acids is 1. The molecule has 1 heterocycles. The normalized spacial score (nSPS) is 21.0. The molecule has 0 aromatic heterocycles. The van der Waals surface area contributed by atoms with E-state index >= 15 is 0 Å². The summed E-state index contributed by atoms with van der Waals surface area (Å²) in [6.45, 7) is 6.64. The number of benzene rings is 1. The highest BCUT2D eigenvalue weighted by Gasteiger charge is 2.20. The molecule has 2 rings (SSSR count). The lowest BCUT2D eigenvalue weighted by Gasteiger charge is -2.30. The van der Waals surface area contributed by atoms with Gasteiger partial charge in [-0.15, -0.1) is 0 Å². The highest BCUT2D eigenvalue weighted by molar-refractivity contribution is 6.35. The molecule has 1 aliphatic heterocycles. The lowest BCUT2D eigenvalue weighted by atomic mass is 10.0. The van der Waals surface area contributed by atoms with E-state index in [1.54, 1.807) is 12.1 Å². The van der Waals surface area contributed by atoms with Gasteiger partial charge in [0.1, 0.15) is 0 Å². The number of nitrogens with zero attached hydrogens (tertiary/aromatic N) is 1. The number of halogens is 2. The van der Waals surface area contributed by atoms with Crippen molar-refractivity contribution in [3.63, 3.8) is 0 Å². The predicted octanol–water partition coefficient (Wildman–Crippen LogP) is 3.90. The smallest absolute Gasteiger partial charge is 0.234 e. The summed E-state index contributed by atoms with van der Waals surface area (Å²) >= 11 is 12.1. The molecule has 0 saturated carbocycles. The van der Waals surface area contributed by atoms with Crippen molar-refractivity contribution in [3.05, 3.63) is 33.8 Å². The zero-order valence-corrected chi connectivity index (χ0v) is 14.0. The van der Waals surface area contributed by atoms with Crippen LogP contribution in [0.5, 0.6) is 0 Å². The topological polar surface area (TPSA) is 32.3 Å². The zero-order valence-electron chi connectivity index (χ0n) is 12.5. The Balaban J connectivity index is 1.89. The van der Waals surface area contributed by atoms with E-state index in [4.69, 9.17) is 23.2 Å². The first-order valence-electron chi connectivity index (χ1n) is 7.42. The van der Waals surface area contributed by atoms with E-state index in [0.717, 1.165) is 18.7 Å². The van der Waals surface area contributed by atoms with Crippen molar-refractivity contribution in [2.24, 2.45) is 5.92 Å². The van der Waals surface area contributed by atoms with E-state index in [0.29, 0.717) is 22.5 Å². The number of likely N-dealkylation sites (tertiary alicyclic amines) is 1. The molecule has 0 bridgehead atoms. The molecule has 21 heavy (non-hydrogen) atoms. The van der Waals surface area contributed by atoms with Gasteiger partial charge in [0.15, 0.2) is 0 Å². The Labute approximate surface area is 136 Å². The third kappa shape index (κ3) is 4.87. The number of rotatable bonds is 4. The van der Waals surface area contributed by atoms with Gasteiger partial charge < -0.3 is 5.32 Å². The van der Waals surface area contributed by atoms with Crippen molar-refractivity contribution in [1.82, 2.24) is 10.2 Å². The van der Waals surface area contributed by atoms with Crippen molar-refractivity contribution in [2.75, 3.05) is 19.6 Å². The molecular weight excluding hydrogens is 307 g/mol. The third-order valence-corrected chi connectivity index (χ3v) is 4.48. The van der Waals surface area contributed by atoms with Crippen molar-refractivity contribution in [1.29, 1.82) is 0 Å². The van der Waals surface area contributed by atoms with Gasteiger partial charge in [-0.3, -0.25) is 9.69 Å². The SMILES string of the molecule is CC1CCCN(CC(=O)NC(C)c2ccc(Cl)cc2Cl)C1. The summed E-state index contributed by atoms with van der Waals surface area (Å²) in [5, 5.41) is 4.20. The monoisotopic (exact) mass is 328 g/mol. The van der Waals surface area contributed by atoms with Crippen LogP contribution in [-0.4, -0.2) is 30.4 Å². The van der Waals surface area contributed by atoms with Crippen LogP contribution < -0.4 is 5.32 Å². The van der Waals surface area contributed by atoms with Crippen LogP contribution in [0.4, 0.5) is 0 Å². The number of carbonyl (C=O) groups is 1. The summed E-state index contributed by atoms with van der Waals surface area (Å²) in [6.07, 6.45) is 2.43. The van der Waals surface area contributed by atoms with Crippen molar-refractivity contribution in [2.45, 2.75) is 32.7 Å². The Hall–Kier alpha value is -0.770. The zero-order chi connectivity index (χ0) is 15.4. The van der Waals surface area contributed by atoms with Crippen molar-refractivity contribution >= 4 is 29.1 Å². The van der Waals surface area contributed by atoms with Gasteiger partial charge in [0.2, 0.25) is 5.91 Å². The van der Waals surface area contributed by atoms with Gasteiger partial charge >= 0.3 is 0 Å². The molecule has 0 radical (unpaired) electrons. The van der Waals surface area contributed by atoms with Gasteiger partial charge in [0, 0.05) is 16.6 Å². The molecule has 1 saturated heterocycles. The van der Waals surface area contributed by atoms with Gasteiger partial charge in [-0.25, -0.2) is 0 Å². The van der Waals surface area contributed by atoms with E-state index in [2.05, 4.69) is 17.1 Å². The highest BCUT2D eigenvalue weighted by atomic mass is 35.5. The van der Waals surface area contributed by atoms with Gasteiger partial charge in [-0.2, -0.15) is 0 Å². The summed E-state index contributed by atoms with van der Waals surface area (Å²) in [5.74, 6) is 0.720. The fourth-order valence-electron chi connectivity index (χ4n) is 2.85.